The van der Waals surface area contributed by atoms with Gasteiger partial charge in [-0.3, -0.25) is 4.79 Å². The highest BCUT2D eigenvalue weighted by Gasteiger charge is 2.36. The Morgan fingerprint density at radius 2 is 2.15 bits per heavy atom. The van der Waals surface area contributed by atoms with Crippen LogP contribution in [0.3, 0.4) is 0 Å². The van der Waals surface area contributed by atoms with E-state index in [9.17, 15) is 4.79 Å². The Bertz CT molecular complexity index is 202. The van der Waals surface area contributed by atoms with Crippen LogP contribution in [0, 0.1) is 0 Å². The molecular weight excluding hydrogens is 186 g/mol. The van der Waals surface area contributed by atoms with Gasteiger partial charge in [0, 0.05) is 36.7 Å². The zero-order valence-electron chi connectivity index (χ0n) is 7.67. The molecule has 2 saturated heterocycles. The second-order valence-corrected chi connectivity index (χ2v) is 5.23. The minimum atomic E-state index is 0.193. The first-order chi connectivity index (χ1) is 6.31. The number of hydrogen-bond donors (Lipinski definition) is 1. The summed E-state index contributed by atoms with van der Waals surface area (Å²) < 4.78 is 5.52. The predicted molar refractivity (Wildman–Crippen MR) is 52.9 cm³/mol. The SMILES string of the molecule is O=C1CC2(CCOCC2)SCCN1. The van der Waals surface area contributed by atoms with Gasteiger partial charge in [-0.15, -0.1) is 0 Å². The molecule has 0 aromatic heterocycles. The average molecular weight is 201 g/mol. The summed E-state index contributed by atoms with van der Waals surface area (Å²) in [6, 6.07) is 0. The minimum Gasteiger partial charge on any atom is -0.381 e. The van der Waals surface area contributed by atoms with Crippen molar-refractivity contribution in [3.05, 3.63) is 0 Å². The van der Waals surface area contributed by atoms with Crippen molar-refractivity contribution in [3.63, 3.8) is 0 Å². The number of thioether (sulfide) groups is 1. The van der Waals surface area contributed by atoms with E-state index < -0.39 is 0 Å². The monoisotopic (exact) mass is 201 g/mol. The fraction of sp³-hybridized carbons (Fsp3) is 0.889. The maximum Gasteiger partial charge on any atom is 0.221 e. The van der Waals surface area contributed by atoms with Gasteiger partial charge in [0.25, 0.3) is 0 Å². The Morgan fingerprint density at radius 3 is 2.92 bits per heavy atom. The van der Waals surface area contributed by atoms with Crippen LogP contribution >= 0.6 is 11.8 Å². The average Bonchev–Trinajstić information content (AvgIpc) is 2.29. The molecule has 0 aromatic carbocycles. The van der Waals surface area contributed by atoms with Crippen molar-refractivity contribution in [1.29, 1.82) is 0 Å². The van der Waals surface area contributed by atoms with Gasteiger partial charge in [-0.2, -0.15) is 11.8 Å². The smallest absolute Gasteiger partial charge is 0.221 e. The van der Waals surface area contributed by atoms with E-state index in [1.807, 2.05) is 11.8 Å². The molecule has 0 atom stereocenters. The number of hydrogen-bond acceptors (Lipinski definition) is 3. The lowest BCUT2D eigenvalue weighted by atomic mass is 9.95. The maximum absolute atomic E-state index is 11.4. The van der Waals surface area contributed by atoms with Gasteiger partial charge in [0.2, 0.25) is 5.91 Å². The van der Waals surface area contributed by atoms with E-state index in [-0.39, 0.29) is 10.7 Å². The second kappa shape index (κ2) is 3.88. The Labute approximate surface area is 82.6 Å². The van der Waals surface area contributed by atoms with E-state index in [1.54, 1.807) is 0 Å². The van der Waals surface area contributed by atoms with E-state index >= 15 is 0 Å². The molecule has 2 heterocycles. The third-order valence-corrected chi connectivity index (χ3v) is 4.29. The van der Waals surface area contributed by atoms with E-state index in [0.717, 1.165) is 38.4 Å². The van der Waals surface area contributed by atoms with E-state index in [4.69, 9.17) is 4.74 Å². The molecular formula is C9H15NO2S. The fourth-order valence-electron chi connectivity index (χ4n) is 1.93. The number of rotatable bonds is 0. The quantitative estimate of drug-likeness (QED) is 0.629. The normalized spacial score (nSPS) is 28.2. The minimum absolute atomic E-state index is 0.193. The maximum atomic E-state index is 11.4. The van der Waals surface area contributed by atoms with Gasteiger partial charge in [0.15, 0.2) is 0 Å². The Morgan fingerprint density at radius 1 is 1.38 bits per heavy atom. The van der Waals surface area contributed by atoms with Crippen LogP contribution in [0.1, 0.15) is 19.3 Å². The van der Waals surface area contributed by atoms with Gasteiger partial charge in [0.1, 0.15) is 0 Å². The number of ether oxygens (including phenoxy) is 1. The largest absolute Gasteiger partial charge is 0.381 e. The van der Waals surface area contributed by atoms with E-state index in [0.29, 0.717) is 6.42 Å². The Kier molecular flexibility index (Phi) is 2.79. The van der Waals surface area contributed by atoms with Crippen LogP contribution in [-0.4, -0.2) is 36.2 Å². The second-order valence-electron chi connectivity index (χ2n) is 3.67. The summed E-state index contributed by atoms with van der Waals surface area (Å²) in [4.78, 5) is 11.4. The molecule has 2 fully saturated rings. The summed E-state index contributed by atoms with van der Waals surface area (Å²) in [7, 11) is 0. The van der Waals surface area contributed by atoms with Crippen molar-refractivity contribution >= 4 is 17.7 Å². The molecule has 4 heteroatoms. The van der Waals surface area contributed by atoms with Gasteiger partial charge in [-0.1, -0.05) is 0 Å². The van der Waals surface area contributed by atoms with Gasteiger partial charge < -0.3 is 10.1 Å². The fourth-order valence-corrected chi connectivity index (χ4v) is 3.25. The van der Waals surface area contributed by atoms with Crippen LogP contribution in [0.15, 0.2) is 0 Å². The molecule has 0 aliphatic carbocycles. The first-order valence-corrected chi connectivity index (χ1v) is 5.78. The molecule has 2 aliphatic rings. The molecule has 0 radical (unpaired) electrons. The van der Waals surface area contributed by atoms with Crippen LogP contribution in [-0.2, 0) is 9.53 Å². The number of amides is 1. The number of nitrogens with one attached hydrogen (secondary N) is 1. The van der Waals surface area contributed by atoms with Crippen LogP contribution in [0.5, 0.6) is 0 Å². The summed E-state index contributed by atoms with van der Waals surface area (Å²) in [5.74, 6) is 1.26. The zero-order chi connectivity index (χ0) is 9.15. The first-order valence-electron chi connectivity index (χ1n) is 4.79. The van der Waals surface area contributed by atoms with E-state index in [2.05, 4.69) is 5.32 Å². The summed E-state index contributed by atoms with van der Waals surface area (Å²) in [5.41, 5.74) is 0. The molecule has 0 aromatic rings. The highest BCUT2D eigenvalue weighted by atomic mass is 32.2. The zero-order valence-corrected chi connectivity index (χ0v) is 8.49. The van der Waals surface area contributed by atoms with Crippen molar-refractivity contribution in [2.75, 3.05) is 25.5 Å². The lowest BCUT2D eigenvalue weighted by molar-refractivity contribution is -0.121. The predicted octanol–water partition coefficient (Wildman–Crippen LogP) is 0.789. The first kappa shape index (κ1) is 9.34. The summed E-state index contributed by atoms with van der Waals surface area (Å²) >= 11 is 1.95. The third-order valence-electron chi connectivity index (χ3n) is 2.72. The van der Waals surface area contributed by atoms with Crippen LogP contribution < -0.4 is 5.32 Å². The van der Waals surface area contributed by atoms with Crippen molar-refractivity contribution in [1.82, 2.24) is 5.32 Å². The molecule has 0 unspecified atom stereocenters. The molecule has 74 valence electrons. The van der Waals surface area contributed by atoms with Crippen LogP contribution in [0.4, 0.5) is 0 Å². The van der Waals surface area contributed by atoms with Gasteiger partial charge in [0.05, 0.1) is 0 Å². The van der Waals surface area contributed by atoms with E-state index in [1.165, 1.54) is 0 Å². The van der Waals surface area contributed by atoms with Gasteiger partial charge in [-0.05, 0) is 12.8 Å². The van der Waals surface area contributed by atoms with Crippen LogP contribution in [0.25, 0.3) is 0 Å². The number of carbonyl (C=O) groups is 1. The molecule has 1 amide bonds. The molecule has 0 bridgehead atoms. The standard InChI is InChI=1S/C9H15NO2S/c11-8-7-9(13-6-3-10-8)1-4-12-5-2-9/h1-7H2,(H,10,11). The van der Waals surface area contributed by atoms with Crippen molar-refractivity contribution in [2.45, 2.75) is 24.0 Å². The summed E-state index contributed by atoms with van der Waals surface area (Å²) in [6.45, 7) is 2.46. The third kappa shape index (κ3) is 2.17. The van der Waals surface area contributed by atoms with Crippen molar-refractivity contribution in [2.24, 2.45) is 0 Å². The highest BCUT2D eigenvalue weighted by Crippen LogP contribution is 2.39. The summed E-state index contributed by atoms with van der Waals surface area (Å²) in [6.07, 6.45) is 2.75. The molecule has 1 N–H and O–H groups in total. The van der Waals surface area contributed by atoms with Crippen LogP contribution in [0.2, 0.25) is 0 Å². The molecule has 2 rings (SSSR count). The molecule has 1 spiro atoms. The number of carbonyl (C=O) groups excluding carboxylic acids is 1. The topological polar surface area (TPSA) is 38.3 Å². The Hall–Kier alpha value is -0.220. The molecule has 0 saturated carbocycles. The van der Waals surface area contributed by atoms with Gasteiger partial charge >= 0.3 is 0 Å². The molecule has 3 nitrogen and oxygen atoms in total. The molecule has 13 heavy (non-hydrogen) atoms. The summed E-state index contributed by atoms with van der Waals surface area (Å²) in [5, 5.41) is 2.92. The van der Waals surface area contributed by atoms with Gasteiger partial charge in [-0.25, -0.2) is 0 Å². The highest BCUT2D eigenvalue weighted by molar-refractivity contribution is 8.00. The van der Waals surface area contributed by atoms with Crippen molar-refractivity contribution < 1.29 is 9.53 Å². The Balaban J connectivity index is 2.04. The lowest BCUT2D eigenvalue weighted by Gasteiger charge is -2.34. The lowest BCUT2D eigenvalue weighted by Crippen LogP contribution is -2.36. The van der Waals surface area contributed by atoms with Crippen molar-refractivity contribution in [3.8, 4) is 0 Å². The molecule has 2 aliphatic heterocycles.